The van der Waals surface area contributed by atoms with E-state index in [0.29, 0.717) is 31.2 Å². The molecule has 14 heteroatoms. The predicted octanol–water partition coefficient (Wildman–Crippen LogP) is 5.55. The molecule has 54 heavy (non-hydrogen) atoms. The zero-order valence-corrected chi connectivity index (χ0v) is 31.9. The number of likely N-dealkylation sites (tertiary alicyclic amines) is 2. The summed E-state index contributed by atoms with van der Waals surface area (Å²) < 4.78 is 9.61. The molecule has 14 nitrogen and oxygen atoms in total. The number of methoxy groups -OCH3 is 2. The van der Waals surface area contributed by atoms with Crippen molar-refractivity contribution in [3.05, 3.63) is 89.6 Å². The number of alkyl carbamates (subject to hydrolysis) is 2. The molecule has 1 aromatic carbocycles. The number of nitrogens with one attached hydrogen (secondary N) is 4. The summed E-state index contributed by atoms with van der Waals surface area (Å²) in [5.74, 6) is 0.710. The van der Waals surface area contributed by atoms with Gasteiger partial charge in [-0.3, -0.25) is 9.59 Å². The summed E-state index contributed by atoms with van der Waals surface area (Å²) in [6, 6.07) is 8.14. The van der Waals surface area contributed by atoms with Crippen molar-refractivity contribution in [3.8, 4) is 0 Å². The average Bonchev–Trinajstić information content (AvgIpc) is 4.02. The molecular weight excluding hydrogens is 688 g/mol. The van der Waals surface area contributed by atoms with E-state index < -0.39 is 29.7 Å². The smallest absolute Gasteiger partial charge is 0.407 e. The van der Waals surface area contributed by atoms with Crippen molar-refractivity contribution in [1.82, 2.24) is 40.4 Å². The second kappa shape index (κ2) is 16.3. The summed E-state index contributed by atoms with van der Waals surface area (Å²) in [6.07, 6.45) is 12.5. The molecule has 0 radical (unpaired) electrons. The number of imidazole rings is 2. The maximum Gasteiger partial charge on any atom is 0.407 e. The van der Waals surface area contributed by atoms with Gasteiger partial charge in [-0.25, -0.2) is 19.6 Å². The van der Waals surface area contributed by atoms with E-state index in [0.717, 1.165) is 48.2 Å². The van der Waals surface area contributed by atoms with Crippen LogP contribution in [0.3, 0.4) is 0 Å². The second-order valence-corrected chi connectivity index (χ2v) is 15.0. The van der Waals surface area contributed by atoms with Crippen LogP contribution >= 0.6 is 0 Å². The molecular formula is C40H52N8O6. The molecule has 1 aliphatic carbocycles. The van der Waals surface area contributed by atoms with E-state index in [4.69, 9.17) is 19.4 Å². The van der Waals surface area contributed by atoms with E-state index in [1.807, 2.05) is 58.3 Å². The predicted molar refractivity (Wildman–Crippen MR) is 202 cm³/mol. The summed E-state index contributed by atoms with van der Waals surface area (Å²) in [5.41, 5.74) is 3.16. The molecule has 0 unspecified atom stereocenters. The molecule has 4 atom stereocenters. The van der Waals surface area contributed by atoms with E-state index in [1.165, 1.54) is 14.2 Å². The minimum absolute atomic E-state index is 0.146. The van der Waals surface area contributed by atoms with Gasteiger partial charge >= 0.3 is 12.2 Å². The van der Waals surface area contributed by atoms with Crippen molar-refractivity contribution < 1.29 is 28.7 Å². The molecule has 0 saturated carbocycles. The number of carbonyl (C=O) groups excluding carboxylic acids is 4. The first-order valence-electron chi connectivity index (χ1n) is 18.8. The molecule has 4 amide bonds. The zero-order chi connectivity index (χ0) is 38.6. The topological polar surface area (TPSA) is 175 Å². The maximum atomic E-state index is 13.9. The van der Waals surface area contributed by atoms with Crippen molar-refractivity contribution in [2.45, 2.75) is 89.4 Å². The van der Waals surface area contributed by atoms with Gasteiger partial charge in [0.25, 0.3) is 0 Å². The van der Waals surface area contributed by atoms with Crippen LogP contribution < -0.4 is 10.6 Å². The average molecular weight is 741 g/mol. The Labute approximate surface area is 316 Å². The molecule has 2 aliphatic heterocycles. The summed E-state index contributed by atoms with van der Waals surface area (Å²) in [5, 5.41) is 5.43. The van der Waals surface area contributed by atoms with Gasteiger partial charge in [0.1, 0.15) is 23.7 Å². The first kappa shape index (κ1) is 38.3. The Morgan fingerprint density at radius 2 is 1.26 bits per heavy atom. The van der Waals surface area contributed by atoms with Crippen LogP contribution in [-0.4, -0.2) is 93.1 Å². The molecule has 2 aromatic heterocycles. The third-order valence-corrected chi connectivity index (χ3v) is 10.9. The lowest BCUT2D eigenvalue weighted by Gasteiger charge is -2.32. The van der Waals surface area contributed by atoms with Gasteiger partial charge < -0.3 is 39.9 Å². The van der Waals surface area contributed by atoms with Gasteiger partial charge in [-0.15, -0.1) is 0 Å². The number of hydrogen-bond acceptors (Lipinski definition) is 8. The summed E-state index contributed by atoms with van der Waals surface area (Å²) in [6.45, 7) is 8.68. The SMILES string of the molecule is COC(=O)N[C@H](C(=O)N1CCC[C@H]1c1ncc(C2(c3cnc([C@@H]4CCCN4C(=O)[C@@H](NC(=O)OC)C(C)C)[nH]3)C=CC(c3ccccc3)=CC2)[nH]1)C(C)C. The normalized spacial score (nSPS) is 20.5. The Morgan fingerprint density at radius 3 is 1.67 bits per heavy atom. The number of ether oxygens (including phenoxy) is 2. The van der Waals surface area contributed by atoms with Gasteiger partial charge in [-0.05, 0) is 55.1 Å². The molecule has 4 N–H and O–H groups in total. The van der Waals surface area contributed by atoms with Crippen LogP contribution in [0.2, 0.25) is 0 Å². The molecule has 0 spiro atoms. The van der Waals surface area contributed by atoms with Crippen LogP contribution in [0, 0.1) is 11.8 Å². The minimum Gasteiger partial charge on any atom is -0.453 e. The van der Waals surface area contributed by atoms with Gasteiger partial charge in [0.05, 0.1) is 43.1 Å². The lowest BCUT2D eigenvalue weighted by molar-refractivity contribution is -0.136. The van der Waals surface area contributed by atoms with E-state index in [9.17, 15) is 19.2 Å². The van der Waals surface area contributed by atoms with Crippen LogP contribution in [0.5, 0.6) is 0 Å². The maximum absolute atomic E-state index is 13.9. The number of benzene rings is 1. The summed E-state index contributed by atoms with van der Waals surface area (Å²) in [7, 11) is 2.57. The quantitative estimate of drug-likeness (QED) is 0.198. The second-order valence-electron chi connectivity index (χ2n) is 15.0. The molecule has 3 aliphatic rings. The molecule has 3 aromatic rings. The molecule has 2 fully saturated rings. The highest BCUT2D eigenvalue weighted by Gasteiger charge is 2.42. The van der Waals surface area contributed by atoms with Crippen molar-refractivity contribution in [3.63, 3.8) is 0 Å². The monoisotopic (exact) mass is 740 g/mol. The van der Waals surface area contributed by atoms with E-state index in [1.54, 1.807) is 9.80 Å². The number of rotatable bonds is 11. The lowest BCUT2D eigenvalue weighted by atomic mass is 9.74. The fraction of sp³-hybridized carbons (Fsp3) is 0.500. The fourth-order valence-corrected chi connectivity index (χ4v) is 7.88. The number of hydrogen-bond donors (Lipinski definition) is 4. The Morgan fingerprint density at radius 1 is 0.778 bits per heavy atom. The zero-order valence-electron chi connectivity index (χ0n) is 31.9. The highest BCUT2D eigenvalue weighted by Crippen LogP contribution is 2.43. The van der Waals surface area contributed by atoms with Crippen molar-refractivity contribution in [2.75, 3.05) is 27.3 Å². The van der Waals surface area contributed by atoms with Gasteiger partial charge in [-0.2, -0.15) is 0 Å². The molecule has 4 heterocycles. The largest absolute Gasteiger partial charge is 0.453 e. The fourth-order valence-electron chi connectivity index (χ4n) is 7.88. The number of amides is 4. The number of nitrogens with zero attached hydrogens (tertiary/aromatic N) is 4. The lowest BCUT2D eigenvalue weighted by Crippen LogP contribution is -2.51. The number of carbonyl (C=O) groups is 4. The van der Waals surface area contributed by atoms with Crippen LogP contribution in [-0.2, 0) is 24.5 Å². The number of aromatic nitrogens is 4. The van der Waals surface area contributed by atoms with Crippen molar-refractivity contribution in [1.29, 1.82) is 0 Å². The summed E-state index contributed by atoms with van der Waals surface area (Å²) >= 11 is 0. The number of aromatic amines is 2. The van der Waals surface area contributed by atoms with E-state index >= 15 is 0 Å². The van der Waals surface area contributed by atoms with Crippen molar-refractivity contribution >= 4 is 29.6 Å². The molecule has 0 bridgehead atoms. The third-order valence-electron chi connectivity index (χ3n) is 10.9. The van der Waals surface area contributed by atoms with E-state index in [-0.39, 0.29) is 35.7 Å². The van der Waals surface area contributed by atoms with Gasteiger partial charge in [0.15, 0.2) is 0 Å². The molecule has 6 rings (SSSR count). The van der Waals surface area contributed by atoms with Gasteiger partial charge in [0, 0.05) is 25.5 Å². The number of allylic oxidation sites excluding steroid dienone is 4. The van der Waals surface area contributed by atoms with Gasteiger partial charge in [0.2, 0.25) is 11.8 Å². The first-order chi connectivity index (χ1) is 26.0. The van der Waals surface area contributed by atoms with Crippen LogP contribution in [0.4, 0.5) is 9.59 Å². The Balaban J connectivity index is 1.32. The summed E-state index contributed by atoms with van der Waals surface area (Å²) in [4.78, 5) is 72.6. The van der Waals surface area contributed by atoms with Gasteiger partial charge in [-0.1, -0.05) is 76.3 Å². The highest BCUT2D eigenvalue weighted by atomic mass is 16.5. The Bertz CT molecular complexity index is 1780. The Hall–Kier alpha value is -5.40. The number of H-pyrrole nitrogens is 2. The molecule has 2 saturated heterocycles. The van der Waals surface area contributed by atoms with Crippen LogP contribution in [0.15, 0.2) is 61.0 Å². The van der Waals surface area contributed by atoms with Crippen LogP contribution in [0.25, 0.3) is 5.57 Å². The Kier molecular flexibility index (Phi) is 11.6. The first-order valence-corrected chi connectivity index (χ1v) is 18.8. The minimum atomic E-state index is -0.737. The standard InChI is InChI=1S/C40H52N8O6/c1-24(2)32(45-38(51)53-5)36(49)47-20-10-14-28(47)34-41-22-30(43-34)40(18-16-27(17-19-40)26-12-8-7-9-13-26)31-23-42-35(44-31)29-15-11-21-48(29)37(50)33(25(3)4)46-39(52)54-6/h7-9,12-13,16-18,22-25,28-29,32-33H,10-11,14-15,19-21H2,1-6H3,(H,41,43)(H,42,44)(H,45,51)(H,46,52)/t28-,29-,32-,33-/m0/s1. The molecule has 288 valence electrons. The van der Waals surface area contributed by atoms with Crippen molar-refractivity contribution in [2.24, 2.45) is 11.8 Å². The van der Waals surface area contributed by atoms with E-state index in [2.05, 4.69) is 51.0 Å². The highest BCUT2D eigenvalue weighted by molar-refractivity contribution is 5.87. The third kappa shape index (κ3) is 7.64. The van der Waals surface area contributed by atoms with Crippen LogP contribution in [0.1, 0.15) is 100 Å².